The van der Waals surface area contributed by atoms with E-state index in [1.54, 1.807) is 17.0 Å². The normalized spacial score (nSPS) is 14.6. The number of halogens is 1. The zero-order chi connectivity index (χ0) is 18.0. The average molecular weight is 344 g/mol. The fourth-order valence-electron chi connectivity index (χ4n) is 2.47. The molecule has 1 aromatic heterocycles. The molecule has 1 fully saturated rings. The lowest BCUT2D eigenvalue weighted by Crippen LogP contribution is -2.43. The quantitative estimate of drug-likeness (QED) is 0.833. The highest BCUT2D eigenvalue weighted by molar-refractivity contribution is 5.98. The van der Waals surface area contributed by atoms with Crippen LogP contribution in [0, 0.1) is 5.82 Å². The zero-order valence-corrected chi connectivity index (χ0v) is 13.6. The molecule has 130 valence electrons. The average Bonchev–Trinajstić information content (AvgIpc) is 3.37. The Morgan fingerprint density at radius 3 is 2.52 bits per heavy atom. The lowest BCUT2D eigenvalue weighted by molar-refractivity contribution is -0.140. The molecule has 0 saturated heterocycles. The van der Waals surface area contributed by atoms with Gasteiger partial charge in [0.25, 0.3) is 5.91 Å². The first-order valence-corrected chi connectivity index (χ1v) is 7.86. The van der Waals surface area contributed by atoms with Crippen molar-refractivity contribution in [3.05, 3.63) is 48.0 Å². The van der Waals surface area contributed by atoms with Gasteiger partial charge in [-0.2, -0.15) is 0 Å². The van der Waals surface area contributed by atoms with E-state index in [4.69, 9.17) is 5.11 Å². The third kappa shape index (κ3) is 3.42. The van der Waals surface area contributed by atoms with Crippen LogP contribution in [0.2, 0.25) is 0 Å². The summed E-state index contributed by atoms with van der Waals surface area (Å²) in [6.45, 7) is 2.38. The summed E-state index contributed by atoms with van der Waals surface area (Å²) in [7, 11) is 0. The van der Waals surface area contributed by atoms with Crippen LogP contribution in [0.25, 0.3) is 0 Å². The summed E-state index contributed by atoms with van der Waals surface area (Å²) in [5.41, 5.74) is -0.388. The van der Waals surface area contributed by atoms with E-state index in [9.17, 15) is 14.0 Å². The van der Waals surface area contributed by atoms with E-state index >= 15 is 0 Å². The van der Waals surface area contributed by atoms with E-state index in [2.05, 4.69) is 15.3 Å². The van der Waals surface area contributed by atoms with Crippen LogP contribution in [-0.2, 0) is 4.79 Å². The molecule has 8 heteroatoms. The number of carboxylic acids is 1. The second-order valence-electron chi connectivity index (χ2n) is 5.84. The van der Waals surface area contributed by atoms with Crippen molar-refractivity contribution in [2.45, 2.75) is 25.3 Å². The maximum absolute atomic E-state index is 13.4. The van der Waals surface area contributed by atoms with Gasteiger partial charge in [-0.1, -0.05) is 6.07 Å². The molecule has 1 amide bonds. The maximum Gasteiger partial charge on any atom is 0.329 e. The number of anilines is 2. The molecule has 0 aliphatic heterocycles. The van der Waals surface area contributed by atoms with Gasteiger partial charge in [0.2, 0.25) is 5.95 Å². The van der Waals surface area contributed by atoms with Gasteiger partial charge in [-0.15, -0.1) is 0 Å². The molecule has 2 aromatic rings. The fraction of sp³-hybridized carbons (Fsp3) is 0.294. The van der Waals surface area contributed by atoms with E-state index in [0.29, 0.717) is 31.0 Å². The number of amides is 1. The smallest absolute Gasteiger partial charge is 0.329 e. The summed E-state index contributed by atoms with van der Waals surface area (Å²) in [4.78, 5) is 33.3. The van der Waals surface area contributed by atoms with Crippen molar-refractivity contribution in [3.8, 4) is 0 Å². The predicted molar refractivity (Wildman–Crippen MR) is 88.2 cm³/mol. The van der Waals surface area contributed by atoms with Crippen LogP contribution >= 0.6 is 0 Å². The van der Waals surface area contributed by atoms with Crippen molar-refractivity contribution >= 4 is 23.5 Å². The van der Waals surface area contributed by atoms with E-state index in [-0.39, 0.29) is 11.4 Å². The van der Waals surface area contributed by atoms with Crippen LogP contribution in [0.5, 0.6) is 0 Å². The number of aromatic nitrogens is 2. The number of aliphatic carboxylic acids is 1. The van der Waals surface area contributed by atoms with Crippen molar-refractivity contribution in [2.24, 2.45) is 0 Å². The molecule has 2 N–H and O–H groups in total. The highest BCUT2D eigenvalue weighted by atomic mass is 19.1. The Hall–Kier alpha value is -3.03. The largest absolute Gasteiger partial charge is 0.480 e. The molecule has 1 aliphatic carbocycles. The Balaban J connectivity index is 1.77. The Kier molecular flexibility index (Phi) is 4.35. The molecular weight excluding hydrogens is 327 g/mol. The van der Waals surface area contributed by atoms with Crippen LogP contribution < -0.4 is 10.2 Å². The molecular formula is C17H17FN4O3. The van der Waals surface area contributed by atoms with Crippen molar-refractivity contribution in [1.29, 1.82) is 0 Å². The number of hydrogen-bond acceptors (Lipinski definition) is 5. The third-order valence-electron chi connectivity index (χ3n) is 4.09. The number of nitrogens with zero attached hydrogens (tertiary/aromatic N) is 3. The van der Waals surface area contributed by atoms with Gasteiger partial charge in [0.1, 0.15) is 11.4 Å². The number of hydrogen-bond donors (Lipinski definition) is 2. The second kappa shape index (κ2) is 6.46. The molecule has 7 nitrogen and oxygen atoms in total. The first-order chi connectivity index (χ1) is 11.9. The predicted octanol–water partition coefficient (Wildman–Crippen LogP) is 2.12. The topological polar surface area (TPSA) is 95.4 Å². The molecule has 1 aliphatic rings. The lowest BCUT2D eigenvalue weighted by Gasteiger charge is -2.21. The number of benzene rings is 1. The molecule has 0 radical (unpaired) electrons. The summed E-state index contributed by atoms with van der Waals surface area (Å²) in [5.74, 6) is -1.61. The molecule has 3 rings (SSSR count). The van der Waals surface area contributed by atoms with Gasteiger partial charge in [0.15, 0.2) is 0 Å². The molecule has 1 aromatic carbocycles. The van der Waals surface area contributed by atoms with Crippen molar-refractivity contribution in [3.63, 3.8) is 0 Å². The van der Waals surface area contributed by atoms with Gasteiger partial charge >= 0.3 is 5.97 Å². The van der Waals surface area contributed by atoms with Gasteiger partial charge in [-0.05, 0) is 38.0 Å². The summed E-state index contributed by atoms with van der Waals surface area (Å²) in [6, 6.07) is 6.05. The van der Waals surface area contributed by atoms with Crippen molar-refractivity contribution in [1.82, 2.24) is 15.3 Å². The first kappa shape index (κ1) is 16.8. The highest BCUT2D eigenvalue weighted by Gasteiger charge is 2.51. The van der Waals surface area contributed by atoms with E-state index in [0.717, 1.165) is 0 Å². The molecule has 1 heterocycles. The summed E-state index contributed by atoms with van der Waals surface area (Å²) in [6.07, 6.45) is 3.49. The van der Waals surface area contributed by atoms with E-state index in [1.165, 1.54) is 24.5 Å². The molecule has 0 bridgehead atoms. The van der Waals surface area contributed by atoms with Gasteiger partial charge < -0.3 is 15.3 Å². The molecule has 0 spiro atoms. The highest BCUT2D eigenvalue weighted by Crippen LogP contribution is 2.35. The first-order valence-electron chi connectivity index (χ1n) is 7.86. The van der Waals surface area contributed by atoms with E-state index < -0.39 is 17.4 Å². The fourth-order valence-corrected chi connectivity index (χ4v) is 2.47. The minimum Gasteiger partial charge on any atom is -0.480 e. The third-order valence-corrected chi connectivity index (χ3v) is 4.09. The summed E-state index contributed by atoms with van der Waals surface area (Å²) < 4.78 is 13.4. The molecule has 0 unspecified atom stereocenters. The molecule has 1 saturated carbocycles. The van der Waals surface area contributed by atoms with Crippen LogP contribution in [0.15, 0.2) is 36.7 Å². The Labute approximate surface area is 143 Å². The maximum atomic E-state index is 13.4. The lowest BCUT2D eigenvalue weighted by atomic mass is 10.2. The monoisotopic (exact) mass is 344 g/mol. The van der Waals surface area contributed by atoms with Crippen molar-refractivity contribution < 1.29 is 19.1 Å². The minimum absolute atomic E-state index is 0.173. The SMILES string of the molecule is CCN(c1cccc(F)c1)c1ncc(C(=O)NC2(C(=O)O)CC2)cn1. The molecule has 25 heavy (non-hydrogen) atoms. The number of carboxylic acid groups (broad SMARTS) is 1. The number of carbonyl (C=O) groups excluding carboxylic acids is 1. The number of carbonyl (C=O) groups is 2. The summed E-state index contributed by atoms with van der Waals surface area (Å²) >= 11 is 0. The van der Waals surface area contributed by atoms with Gasteiger partial charge in [0.05, 0.1) is 5.56 Å². The van der Waals surface area contributed by atoms with E-state index in [1.807, 2.05) is 6.92 Å². The Morgan fingerprint density at radius 2 is 2.00 bits per heavy atom. The standard InChI is InChI=1S/C17H17FN4O3/c1-2-22(13-5-3-4-12(18)8-13)16-19-9-11(10-20-16)14(23)21-17(6-7-17)15(24)25/h3-5,8-10H,2,6-7H2,1H3,(H,21,23)(H,24,25). The Morgan fingerprint density at radius 1 is 1.32 bits per heavy atom. The van der Waals surface area contributed by atoms with Gasteiger partial charge in [0, 0.05) is 24.6 Å². The van der Waals surface area contributed by atoms with Gasteiger partial charge in [-0.3, -0.25) is 4.79 Å². The van der Waals surface area contributed by atoms with Crippen LogP contribution in [-0.4, -0.2) is 39.0 Å². The molecule has 0 atom stereocenters. The second-order valence-corrected chi connectivity index (χ2v) is 5.84. The number of rotatable bonds is 6. The Bertz CT molecular complexity index is 806. The number of nitrogens with one attached hydrogen (secondary N) is 1. The minimum atomic E-state index is -1.16. The zero-order valence-electron chi connectivity index (χ0n) is 13.6. The summed E-state index contributed by atoms with van der Waals surface area (Å²) in [5, 5.41) is 11.6. The van der Waals surface area contributed by atoms with Gasteiger partial charge in [-0.25, -0.2) is 19.2 Å². The van der Waals surface area contributed by atoms with Crippen LogP contribution in [0.1, 0.15) is 30.1 Å². The van der Waals surface area contributed by atoms with Crippen molar-refractivity contribution in [2.75, 3.05) is 11.4 Å². The van der Waals surface area contributed by atoms with Crippen LogP contribution in [0.4, 0.5) is 16.0 Å². The van der Waals surface area contributed by atoms with Crippen LogP contribution in [0.3, 0.4) is 0 Å².